The summed E-state index contributed by atoms with van der Waals surface area (Å²) in [5.74, 6) is 1.11. The number of imidazole rings is 1. The molecule has 0 atom stereocenters. The van der Waals surface area contributed by atoms with Gasteiger partial charge in [-0.25, -0.2) is 4.98 Å². The molecule has 2 aromatic rings. The number of hydrogen-bond acceptors (Lipinski definition) is 3. The molecule has 0 saturated carbocycles. The number of rotatable bonds is 2. The molecular weight excluding hydrogens is 224 g/mol. The maximum absolute atomic E-state index is 9.09. The Bertz CT molecular complexity index is 594. The van der Waals surface area contributed by atoms with E-state index in [-0.39, 0.29) is 0 Å². The topological polar surface area (TPSA) is 44.9 Å². The van der Waals surface area contributed by atoms with Gasteiger partial charge in [0.05, 0.1) is 18.2 Å². The molecule has 0 aliphatic carbocycles. The molecule has 2 heterocycles. The van der Waals surface area contributed by atoms with Crippen LogP contribution in [0.1, 0.15) is 17.0 Å². The highest BCUT2D eigenvalue weighted by Gasteiger charge is 2.17. The molecule has 1 aliphatic heterocycles. The molecular formula is C14H14N4. The SMILES string of the molecule is N#Cc1ccccc1CN1CCn2ccnc2C1. The lowest BCUT2D eigenvalue weighted by atomic mass is 10.1. The van der Waals surface area contributed by atoms with Gasteiger partial charge in [0.2, 0.25) is 0 Å². The average Bonchev–Trinajstić information content (AvgIpc) is 2.87. The van der Waals surface area contributed by atoms with Crippen molar-refractivity contribution < 1.29 is 0 Å². The largest absolute Gasteiger partial charge is 0.333 e. The predicted molar refractivity (Wildman–Crippen MR) is 67.5 cm³/mol. The summed E-state index contributed by atoms with van der Waals surface area (Å²) in [6.45, 7) is 3.65. The Labute approximate surface area is 106 Å². The zero-order valence-electron chi connectivity index (χ0n) is 10.1. The molecule has 1 aliphatic rings. The van der Waals surface area contributed by atoms with E-state index in [2.05, 4.69) is 20.5 Å². The number of nitrogens with zero attached hydrogens (tertiary/aromatic N) is 4. The summed E-state index contributed by atoms with van der Waals surface area (Å²) in [4.78, 5) is 6.68. The number of nitriles is 1. The van der Waals surface area contributed by atoms with Crippen LogP contribution < -0.4 is 0 Å². The van der Waals surface area contributed by atoms with Crippen LogP contribution in [-0.2, 0) is 19.6 Å². The summed E-state index contributed by atoms with van der Waals surface area (Å²) in [7, 11) is 0. The molecule has 0 radical (unpaired) electrons. The molecule has 4 heteroatoms. The highest BCUT2D eigenvalue weighted by molar-refractivity contribution is 5.37. The van der Waals surface area contributed by atoms with Crippen LogP contribution in [0.3, 0.4) is 0 Å². The fraction of sp³-hybridized carbons (Fsp3) is 0.286. The van der Waals surface area contributed by atoms with Crippen molar-refractivity contribution >= 4 is 0 Å². The van der Waals surface area contributed by atoms with Gasteiger partial charge in [-0.05, 0) is 11.6 Å². The quantitative estimate of drug-likeness (QED) is 0.801. The first kappa shape index (κ1) is 11.0. The van der Waals surface area contributed by atoms with Gasteiger partial charge in [-0.1, -0.05) is 18.2 Å². The van der Waals surface area contributed by atoms with Crippen LogP contribution in [0.5, 0.6) is 0 Å². The molecule has 1 aromatic carbocycles. The van der Waals surface area contributed by atoms with Gasteiger partial charge in [-0.15, -0.1) is 0 Å². The van der Waals surface area contributed by atoms with Crippen molar-refractivity contribution in [3.8, 4) is 6.07 Å². The second kappa shape index (κ2) is 4.63. The van der Waals surface area contributed by atoms with E-state index < -0.39 is 0 Å². The van der Waals surface area contributed by atoms with Gasteiger partial charge >= 0.3 is 0 Å². The summed E-state index contributed by atoms with van der Waals surface area (Å²) < 4.78 is 2.19. The molecule has 0 N–H and O–H groups in total. The maximum Gasteiger partial charge on any atom is 0.122 e. The van der Waals surface area contributed by atoms with Crippen molar-refractivity contribution in [2.75, 3.05) is 6.54 Å². The van der Waals surface area contributed by atoms with Gasteiger partial charge in [-0.3, -0.25) is 4.90 Å². The Hall–Kier alpha value is -2.12. The Balaban J connectivity index is 1.77. The normalized spacial score (nSPS) is 15.1. The summed E-state index contributed by atoms with van der Waals surface area (Å²) in [5, 5.41) is 9.09. The maximum atomic E-state index is 9.09. The lowest BCUT2D eigenvalue weighted by Gasteiger charge is -2.27. The Morgan fingerprint density at radius 3 is 3.06 bits per heavy atom. The highest BCUT2D eigenvalue weighted by Crippen LogP contribution is 2.16. The minimum atomic E-state index is 0.770. The minimum absolute atomic E-state index is 0.770. The van der Waals surface area contributed by atoms with E-state index in [4.69, 9.17) is 5.26 Å². The van der Waals surface area contributed by atoms with Crippen molar-refractivity contribution in [1.82, 2.24) is 14.5 Å². The molecule has 1 aromatic heterocycles. The minimum Gasteiger partial charge on any atom is -0.333 e. The van der Waals surface area contributed by atoms with Crippen LogP contribution in [-0.4, -0.2) is 21.0 Å². The standard InChI is InChI=1S/C14H14N4/c15-9-12-3-1-2-4-13(12)10-17-7-8-18-6-5-16-14(18)11-17/h1-6H,7-8,10-11H2. The van der Waals surface area contributed by atoms with Crippen LogP contribution in [0.15, 0.2) is 36.7 Å². The Morgan fingerprint density at radius 2 is 2.17 bits per heavy atom. The van der Waals surface area contributed by atoms with E-state index in [1.807, 2.05) is 36.7 Å². The van der Waals surface area contributed by atoms with Crippen LogP contribution >= 0.6 is 0 Å². The third-order valence-corrected chi connectivity index (χ3v) is 3.36. The van der Waals surface area contributed by atoms with Gasteiger partial charge in [0.25, 0.3) is 0 Å². The summed E-state index contributed by atoms with van der Waals surface area (Å²) in [5.41, 5.74) is 1.87. The van der Waals surface area contributed by atoms with E-state index >= 15 is 0 Å². The molecule has 0 bridgehead atoms. The monoisotopic (exact) mass is 238 g/mol. The van der Waals surface area contributed by atoms with Crippen LogP contribution in [0.25, 0.3) is 0 Å². The lowest BCUT2D eigenvalue weighted by molar-refractivity contribution is 0.208. The number of fused-ring (bicyclic) bond motifs is 1. The van der Waals surface area contributed by atoms with E-state index in [9.17, 15) is 0 Å². The van der Waals surface area contributed by atoms with Crippen LogP contribution in [0.2, 0.25) is 0 Å². The first-order valence-corrected chi connectivity index (χ1v) is 6.07. The summed E-state index contributed by atoms with van der Waals surface area (Å²) in [6.07, 6.45) is 3.87. The Morgan fingerprint density at radius 1 is 1.28 bits per heavy atom. The zero-order valence-corrected chi connectivity index (χ0v) is 10.1. The van der Waals surface area contributed by atoms with Crippen molar-refractivity contribution in [1.29, 1.82) is 5.26 Å². The van der Waals surface area contributed by atoms with Crippen LogP contribution in [0.4, 0.5) is 0 Å². The van der Waals surface area contributed by atoms with E-state index in [0.717, 1.165) is 43.1 Å². The first-order chi connectivity index (χ1) is 8.86. The molecule has 0 amide bonds. The molecule has 0 fully saturated rings. The van der Waals surface area contributed by atoms with E-state index in [1.165, 1.54) is 0 Å². The smallest absolute Gasteiger partial charge is 0.122 e. The second-order valence-electron chi connectivity index (χ2n) is 4.52. The Kier molecular flexibility index (Phi) is 2.83. The van der Waals surface area contributed by atoms with Gasteiger partial charge in [-0.2, -0.15) is 5.26 Å². The number of hydrogen-bond donors (Lipinski definition) is 0. The first-order valence-electron chi connectivity index (χ1n) is 6.07. The van der Waals surface area contributed by atoms with Gasteiger partial charge < -0.3 is 4.57 Å². The fourth-order valence-corrected chi connectivity index (χ4v) is 2.37. The highest BCUT2D eigenvalue weighted by atomic mass is 15.2. The third-order valence-electron chi connectivity index (χ3n) is 3.36. The van der Waals surface area contributed by atoms with Gasteiger partial charge in [0.1, 0.15) is 5.82 Å². The van der Waals surface area contributed by atoms with Crippen molar-refractivity contribution in [3.05, 3.63) is 53.6 Å². The average molecular weight is 238 g/mol. The predicted octanol–water partition coefficient (Wildman–Crippen LogP) is 1.77. The lowest BCUT2D eigenvalue weighted by Crippen LogP contribution is -2.33. The van der Waals surface area contributed by atoms with E-state index in [1.54, 1.807) is 0 Å². The third kappa shape index (κ3) is 2.01. The zero-order chi connectivity index (χ0) is 12.4. The van der Waals surface area contributed by atoms with Crippen LogP contribution in [0, 0.1) is 11.3 Å². The molecule has 4 nitrogen and oxygen atoms in total. The molecule has 18 heavy (non-hydrogen) atoms. The fourth-order valence-electron chi connectivity index (χ4n) is 2.37. The molecule has 90 valence electrons. The van der Waals surface area contributed by atoms with Crippen molar-refractivity contribution in [2.24, 2.45) is 0 Å². The van der Waals surface area contributed by atoms with Crippen molar-refractivity contribution in [2.45, 2.75) is 19.6 Å². The van der Waals surface area contributed by atoms with Crippen molar-refractivity contribution in [3.63, 3.8) is 0 Å². The number of benzene rings is 1. The van der Waals surface area contributed by atoms with Gasteiger partial charge in [0.15, 0.2) is 0 Å². The number of aromatic nitrogens is 2. The molecule has 3 rings (SSSR count). The summed E-state index contributed by atoms with van der Waals surface area (Å²) in [6, 6.07) is 10.0. The molecule has 0 saturated heterocycles. The molecule has 0 unspecified atom stereocenters. The molecule has 0 spiro atoms. The van der Waals surface area contributed by atoms with Gasteiger partial charge in [0, 0.05) is 32.0 Å². The van der Waals surface area contributed by atoms with E-state index in [0.29, 0.717) is 0 Å². The summed E-state index contributed by atoms with van der Waals surface area (Å²) >= 11 is 0. The second-order valence-corrected chi connectivity index (χ2v) is 4.52.